The Labute approximate surface area is 160 Å². The van der Waals surface area contributed by atoms with Gasteiger partial charge < -0.3 is 19.9 Å². The number of methoxy groups -OCH3 is 1. The molecule has 1 aromatic rings. The second-order valence-corrected chi connectivity index (χ2v) is 7.43. The number of aromatic amines is 1. The highest BCUT2D eigenvalue weighted by atomic mass is 16.5. The van der Waals surface area contributed by atoms with E-state index in [1.807, 2.05) is 13.8 Å². The zero-order valence-corrected chi connectivity index (χ0v) is 17.0. The van der Waals surface area contributed by atoms with Crippen LogP contribution in [0.4, 0.5) is 0 Å². The van der Waals surface area contributed by atoms with Crippen LogP contribution < -0.4 is 5.32 Å². The molecule has 0 saturated carbocycles. The number of hydrogen-bond donors (Lipinski definition) is 2. The molecule has 1 aliphatic heterocycles. The highest BCUT2D eigenvalue weighted by molar-refractivity contribution is 6.00. The summed E-state index contributed by atoms with van der Waals surface area (Å²) in [7, 11) is 1.33. The molecule has 0 aromatic carbocycles. The van der Waals surface area contributed by atoms with E-state index in [1.165, 1.54) is 7.11 Å². The predicted octanol–water partition coefficient (Wildman–Crippen LogP) is 2.58. The van der Waals surface area contributed by atoms with Gasteiger partial charge in [-0.25, -0.2) is 4.79 Å². The number of H-pyrrole nitrogens is 1. The van der Waals surface area contributed by atoms with Crippen LogP contribution >= 0.6 is 0 Å². The van der Waals surface area contributed by atoms with Gasteiger partial charge in [0, 0.05) is 31.2 Å². The molecule has 1 aliphatic rings. The molecule has 1 atom stereocenters. The van der Waals surface area contributed by atoms with Crippen molar-refractivity contribution in [2.24, 2.45) is 5.92 Å². The molecular formula is C20H31N3O4. The van der Waals surface area contributed by atoms with Crippen LogP contribution in [0, 0.1) is 19.8 Å². The van der Waals surface area contributed by atoms with Crippen molar-refractivity contribution in [3.05, 3.63) is 22.5 Å². The van der Waals surface area contributed by atoms with Gasteiger partial charge in [-0.2, -0.15) is 0 Å². The van der Waals surface area contributed by atoms with Crippen LogP contribution in [-0.4, -0.2) is 53.9 Å². The molecule has 2 amide bonds. The molecule has 150 valence electrons. The third kappa shape index (κ3) is 4.90. The summed E-state index contributed by atoms with van der Waals surface area (Å²) in [6, 6.07) is 0.197. The average molecular weight is 377 g/mol. The van der Waals surface area contributed by atoms with E-state index in [1.54, 1.807) is 18.7 Å². The number of carbonyl (C=O) groups is 3. The maximum atomic E-state index is 12.9. The Morgan fingerprint density at radius 2 is 1.89 bits per heavy atom. The number of nitrogens with zero attached hydrogens (tertiary/aromatic N) is 1. The number of aryl methyl sites for hydroxylation is 1. The lowest BCUT2D eigenvalue weighted by atomic mass is 9.92. The molecular weight excluding hydrogens is 346 g/mol. The lowest BCUT2D eigenvalue weighted by molar-refractivity contribution is -0.122. The molecule has 7 heteroatoms. The van der Waals surface area contributed by atoms with Crippen LogP contribution in [0.3, 0.4) is 0 Å². The second kappa shape index (κ2) is 9.06. The van der Waals surface area contributed by atoms with Crippen LogP contribution in [-0.2, 0) is 9.53 Å². The van der Waals surface area contributed by atoms with Crippen LogP contribution in [0.15, 0.2) is 0 Å². The van der Waals surface area contributed by atoms with Crippen molar-refractivity contribution in [1.82, 2.24) is 15.2 Å². The lowest BCUT2D eigenvalue weighted by Crippen LogP contribution is -2.40. The Morgan fingerprint density at radius 3 is 2.44 bits per heavy atom. The second-order valence-electron chi connectivity index (χ2n) is 7.43. The third-order valence-corrected chi connectivity index (χ3v) is 5.44. The first kappa shape index (κ1) is 21.0. The van der Waals surface area contributed by atoms with E-state index >= 15 is 0 Å². The van der Waals surface area contributed by atoms with Crippen molar-refractivity contribution >= 4 is 17.8 Å². The fourth-order valence-electron chi connectivity index (χ4n) is 3.57. The van der Waals surface area contributed by atoms with Gasteiger partial charge in [-0.1, -0.05) is 6.92 Å². The summed E-state index contributed by atoms with van der Waals surface area (Å²) >= 11 is 0. The number of aromatic nitrogens is 1. The first-order valence-corrected chi connectivity index (χ1v) is 9.64. The Kier molecular flexibility index (Phi) is 7.05. The van der Waals surface area contributed by atoms with E-state index in [-0.39, 0.29) is 17.9 Å². The fraction of sp³-hybridized carbons (Fsp3) is 0.650. The number of esters is 1. The maximum Gasteiger partial charge on any atom is 0.339 e. The van der Waals surface area contributed by atoms with Crippen molar-refractivity contribution in [2.45, 2.75) is 59.4 Å². The van der Waals surface area contributed by atoms with E-state index in [0.29, 0.717) is 47.9 Å². The summed E-state index contributed by atoms with van der Waals surface area (Å²) in [5.74, 6) is -0.150. The molecule has 0 radical (unpaired) electrons. The largest absolute Gasteiger partial charge is 0.465 e. The zero-order valence-electron chi connectivity index (χ0n) is 17.0. The summed E-state index contributed by atoms with van der Waals surface area (Å²) < 4.78 is 4.80. The van der Waals surface area contributed by atoms with Gasteiger partial charge in [0.1, 0.15) is 5.69 Å². The Balaban J connectivity index is 1.96. The smallest absolute Gasteiger partial charge is 0.339 e. The molecule has 1 fully saturated rings. The maximum absolute atomic E-state index is 12.9. The van der Waals surface area contributed by atoms with Gasteiger partial charge in [0.25, 0.3) is 5.91 Å². The molecule has 27 heavy (non-hydrogen) atoms. The number of piperidine rings is 1. The zero-order chi connectivity index (χ0) is 20.1. The summed E-state index contributed by atoms with van der Waals surface area (Å²) in [6.45, 7) is 8.80. The van der Waals surface area contributed by atoms with E-state index < -0.39 is 5.97 Å². The molecule has 0 aliphatic carbocycles. The molecule has 2 rings (SSSR count). The van der Waals surface area contributed by atoms with Crippen molar-refractivity contribution in [2.75, 3.05) is 20.2 Å². The number of rotatable bonds is 6. The minimum absolute atomic E-state index is 0.0904. The van der Waals surface area contributed by atoms with Gasteiger partial charge in [-0.3, -0.25) is 9.59 Å². The molecule has 7 nitrogen and oxygen atoms in total. The Hall–Kier alpha value is -2.31. The number of nitrogens with one attached hydrogen (secondary N) is 2. The van der Waals surface area contributed by atoms with Crippen LogP contribution in [0.25, 0.3) is 0 Å². The number of likely N-dealkylation sites (tertiary alicyclic amines) is 1. The van der Waals surface area contributed by atoms with Crippen molar-refractivity contribution in [1.29, 1.82) is 0 Å². The van der Waals surface area contributed by atoms with Gasteiger partial charge in [0.15, 0.2) is 0 Å². The quantitative estimate of drug-likeness (QED) is 0.746. The van der Waals surface area contributed by atoms with Crippen LogP contribution in [0.5, 0.6) is 0 Å². The van der Waals surface area contributed by atoms with Crippen molar-refractivity contribution in [3.63, 3.8) is 0 Å². The normalized spacial score (nSPS) is 16.1. The van der Waals surface area contributed by atoms with Crippen LogP contribution in [0.1, 0.15) is 71.6 Å². The number of ether oxygens (including phenoxy) is 1. The average Bonchev–Trinajstić information content (AvgIpc) is 2.95. The van der Waals surface area contributed by atoms with E-state index in [0.717, 1.165) is 19.3 Å². The van der Waals surface area contributed by atoms with Gasteiger partial charge in [-0.05, 0) is 51.5 Å². The summed E-state index contributed by atoms with van der Waals surface area (Å²) in [5, 5.41) is 3.00. The Morgan fingerprint density at radius 1 is 1.26 bits per heavy atom. The monoisotopic (exact) mass is 377 g/mol. The predicted molar refractivity (Wildman–Crippen MR) is 103 cm³/mol. The summed E-state index contributed by atoms with van der Waals surface area (Å²) in [6.07, 6.45) is 3.05. The molecule has 2 heterocycles. The number of hydrogen-bond acceptors (Lipinski definition) is 4. The molecule has 1 saturated heterocycles. The lowest BCUT2D eigenvalue weighted by Gasteiger charge is -2.32. The standard InChI is InChI=1S/C20H31N3O4/c1-6-12(2)21-16(24)11-15-7-9-23(10-8-15)19(25)18-13(3)17(14(4)22-18)20(26)27-5/h12,15,22H,6-11H2,1-5H3,(H,21,24)/t12-/m1/s1. The fourth-order valence-corrected chi connectivity index (χ4v) is 3.57. The summed E-state index contributed by atoms with van der Waals surface area (Å²) in [4.78, 5) is 41.7. The molecule has 1 aromatic heterocycles. The summed E-state index contributed by atoms with van der Waals surface area (Å²) in [5.41, 5.74) is 2.14. The highest BCUT2D eigenvalue weighted by Crippen LogP contribution is 2.25. The van der Waals surface area contributed by atoms with E-state index in [9.17, 15) is 14.4 Å². The van der Waals surface area contributed by atoms with E-state index in [4.69, 9.17) is 4.74 Å². The minimum atomic E-state index is -0.439. The SMILES string of the molecule is CC[C@@H](C)NC(=O)CC1CCN(C(=O)c2[nH]c(C)c(C(=O)OC)c2C)CC1. The first-order chi connectivity index (χ1) is 12.8. The number of carbonyl (C=O) groups excluding carboxylic acids is 3. The third-order valence-electron chi connectivity index (χ3n) is 5.44. The molecule has 0 unspecified atom stereocenters. The first-order valence-electron chi connectivity index (χ1n) is 9.64. The Bertz CT molecular complexity index is 702. The van der Waals surface area contributed by atoms with Gasteiger partial charge in [0.05, 0.1) is 12.7 Å². The molecule has 0 bridgehead atoms. The van der Waals surface area contributed by atoms with Crippen LogP contribution in [0.2, 0.25) is 0 Å². The van der Waals surface area contributed by atoms with Gasteiger partial charge >= 0.3 is 5.97 Å². The highest BCUT2D eigenvalue weighted by Gasteiger charge is 2.29. The van der Waals surface area contributed by atoms with Gasteiger partial charge in [-0.15, -0.1) is 0 Å². The number of amides is 2. The molecule has 2 N–H and O–H groups in total. The topological polar surface area (TPSA) is 91.5 Å². The van der Waals surface area contributed by atoms with Gasteiger partial charge in [0.2, 0.25) is 5.91 Å². The van der Waals surface area contributed by atoms with E-state index in [2.05, 4.69) is 10.3 Å². The molecule has 0 spiro atoms. The van der Waals surface area contributed by atoms with Crippen molar-refractivity contribution < 1.29 is 19.1 Å². The van der Waals surface area contributed by atoms with Crippen molar-refractivity contribution in [3.8, 4) is 0 Å². The minimum Gasteiger partial charge on any atom is -0.465 e.